The molecule has 0 spiro atoms. The molecule has 0 aliphatic carbocycles. The molecule has 128 valence electrons. The van der Waals surface area contributed by atoms with Crippen LogP contribution in [0.15, 0.2) is 0 Å². The molecule has 0 saturated carbocycles. The predicted octanol–water partition coefficient (Wildman–Crippen LogP) is 2.40. The molecule has 1 atom stereocenters. The number of aliphatic hydroxyl groups excluding tert-OH is 1. The summed E-state index contributed by atoms with van der Waals surface area (Å²) in [5, 5.41) is 9.09. The van der Waals surface area contributed by atoms with Crippen LogP contribution in [0.4, 0.5) is 0 Å². The van der Waals surface area contributed by atoms with Gasteiger partial charge < -0.3 is 24.1 Å². The van der Waals surface area contributed by atoms with Gasteiger partial charge in [0.2, 0.25) is 0 Å². The van der Waals surface area contributed by atoms with E-state index in [4.69, 9.17) is 24.1 Å². The molecular weight excluding hydrogens is 272 g/mol. The van der Waals surface area contributed by atoms with Crippen LogP contribution in [0.3, 0.4) is 0 Å². The van der Waals surface area contributed by atoms with E-state index >= 15 is 0 Å². The Hall–Kier alpha value is -0.200. The molecular formula is C16H34O5. The topological polar surface area (TPSA) is 57.2 Å². The van der Waals surface area contributed by atoms with Crippen molar-refractivity contribution >= 4 is 0 Å². The van der Waals surface area contributed by atoms with Crippen LogP contribution in [0.25, 0.3) is 0 Å². The Kier molecular flexibility index (Phi) is 17.7. The summed E-state index contributed by atoms with van der Waals surface area (Å²) < 4.78 is 21.6. The van der Waals surface area contributed by atoms with Crippen molar-refractivity contribution in [1.82, 2.24) is 0 Å². The van der Waals surface area contributed by atoms with Gasteiger partial charge in [0.25, 0.3) is 0 Å². The molecule has 0 bridgehead atoms. The Morgan fingerprint density at radius 1 is 0.667 bits per heavy atom. The van der Waals surface area contributed by atoms with Gasteiger partial charge in [0, 0.05) is 13.2 Å². The zero-order valence-corrected chi connectivity index (χ0v) is 13.8. The van der Waals surface area contributed by atoms with Crippen LogP contribution < -0.4 is 0 Å². The Morgan fingerprint density at radius 2 is 1.10 bits per heavy atom. The van der Waals surface area contributed by atoms with E-state index in [1.54, 1.807) is 0 Å². The first-order chi connectivity index (χ1) is 10.3. The van der Waals surface area contributed by atoms with Gasteiger partial charge in [0.1, 0.15) is 0 Å². The van der Waals surface area contributed by atoms with Gasteiger partial charge in [-0.05, 0) is 32.6 Å². The second kappa shape index (κ2) is 17.9. The monoisotopic (exact) mass is 306 g/mol. The normalized spacial score (nSPS) is 12.7. The first kappa shape index (κ1) is 20.8. The predicted molar refractivity (Wildman–Crippen MR) is 83.7 cm³/mol. The van der Waals surface area contributed by atoms with Gasteiger partial charge >= 0.3 is 0 Å². The molecule has 0 aliphatic rings. The molecule has 1 unspecified atom stereocenters. The van der Waals surface area contributed by atoms with Crippen molar-refractivity contribution in [2.75, 3.05) is 52.9 Å². The maximum absolute atomic E-state index is 9.09. The van der Waals surface area contributed by atoms with Crippen LogP contribution in [-0.4, -0.2) is 64.1 Å². The number of hydrogen-bond acceptors (Lipinski definition) is 5. The standard InChI is InChI=1S/C16H34O5/c1-3-4-8-18-10-12-20-14-15-21-13-11-19-9-6-5-7-16(2)17/h16-17H,3-15H2,1-2H3. The number of aliphatic hydroxyl groups is 1. The second-order valence-electron chi connectivity index (χ2n) is 5.15. The van der Waals surface area contributed by atoms with Crippen LogP contribution in [-0.2, 0) is 18.9 Å². The first-order valence-electron chi connectivity index (χ1n) is 8.26. The summed E-state index contributed by atoms with van der Waals surface area (Å²) in [6, 6.07) is 0. The molecule has 0 radical (unpaired) electrons. The average Bonchev–Trinajstić information content (AvgIpc) is 2.46. The molecule has 0 saturated heterocycles. The van der Waals surface area contributed by atoms with E-state index in [-0.39, 0.29) is 6.10 Å². The summed E-state index contributed by atoms with van der Waals surface area (Å²) in [6.45, 7) is 9.24. The van der Waals surface area contributed by atoms with Crippen LogP contribution in [0, 0.1) is 0 Å². The smallest absolute Gasteiger partial charge is 0.0701 e. The Balaban J connectivity index is 2.93. The van der Waals surface area contributed by atoms with E-state index in [9.17, 15) is 0 Å². The summed E-state index contributed by atoms with van der Waals surface area (Å²) in [5.74, 6) is 0. The lowest BCUT2D eigenvalue weighted by Crippen LogP contribution is -2.12. The summed E-state index contributed by atoms with van der Waals surface area (Å²) in [7, 11) is 0. The van der Waals surface area contributed by atoms with Gasteiger partial charge in [-0.25, -0.2) is 0 Å². The molecule has 5 nitrogen and oxygen atoms in total. The van der Waals surface area contributed by atoms with Crippen molar-refractivity contribution in [1.29, 1.82) is 0 Å². The number of unbranched alkanes of at least 4 members (excludes halogenated alkanes) is 2. The fraction of sp³-hybridized carbons (Fsp3) is 1.00. The maximum Gasteiger partial charge on any atom is 0.0701 e. The highest BCUT2D eigenvalue weighted by Gasteiger charge is 1.96. The van der Waals surface area contributed by atoms with Gasteiger partial charge in [-0.1, -0.05) is 13.3 Å². The lowest BCUT2D eigenvalue weighted by molar-refractivity contribution is -0.00253. The summed E-state index contributed by atoms with van der Waals surface area (Å²) >= 11 is 0. The molecule has 0 aliphatic heterocycles. The molecule has 5 heteroatoms. The highest BCUT2D eigenvalue weighted by atomic mass is 16.6. The van der Waals surface area contributed by atoms with Gasteiger partial charge in [-0.3, -0.25) is 0 Å². The number of hydrogen-bond donors (Lipinski definition) is 1. The van der Waals surface area contributed by atoms with E-state index in [1.807, 2.05) is 6.92 Å². The van der Waals surface area contributed by atoms with Gasteiger partial charge in [-0.2, -0.15) is 0 Å². The van der Waals surface area contributed by atoms with Crippen molar-refractivity contribution in [3.8, 4) is 0 Å². The third-order valence-electron chi connectivity index (χ3n) is 2.92. The molecule has 0 rings (SSSR count). The second-order valence-corrected chi connectivity index (χ2v) is 5.15. The fourth-order valence-electron chi connectivity index (χ4n) is 1.65. The van der Waals surface area contributed by atoms with Crippen molar-refractivity contribution in [2.24, 2.45) is 0 Å². The average molecular weight is 306 g/mol. The van der Waals surface area contributed by atoms with E-state index in [0.717, 1.165) is 45.3 Å². The minimum Gasteiger partial charge on any atom is -0.393 e. The number of ether oxygens (including phenoxy) is 4. The van der Waals surface area contributed by atoms with Crippen LogP contribution in [0.1, 0.15) is 46.0 Å². The quantitative estimate of drug-likeness (QED) is 0.418. The van der Waals surface area contributed by atoms with Crippen molar-refractivity contribution in [2.45, 2.75) is 52.1 Å². The third kappa shape index (κ3) is 19.8. The zero-order valence-electron chi connectivity index (χ0n) is 13.8. The van der Waals surface area contributed by atoms with Crippen LogP contribution in [0.2, 0.25) is 0 Å². The fourth-order valence-corrected chi connectivity index (χ4v) is 1.65. The summed E-state index contributed by atoms with van der Waals surface area (Å²) in [4.78, 5) is 0. The third-order valence-corrected chi connectivity index (χ3v) is 2.92. The Morgan fingerprint density at radius 3 is 1.52 bits per heavy atom. The molecule has 0 amide bonds. The summed E-state index contributed by atoms with van der Waals surface area (Å²) in [5.41, 5.74) is 0. The molecule has 1 N–H and O–H groups in total. The minimum absolute atomic E-state index is 0.203. The van der Waals surface area contributed by atoms with E-state index < -0.39 is 0 Å². The molecule has 21 heavy (non-hydrogen) atoms. The lowest BCUT2D eigenvalue weighted by Gasteiger charge is -2.07. The molecule has 0 aromatic carbocycles. The van der Waals surface area contributed by atoms with Gasteiger partial charge in [0.05, 0.1) is 45.7 Å². The largest absolute Gasteiger partial charge is 0.393 e. The maximum atomic E-state index is 9.09. The summed E-state index contributed by atoms with van der Waals surface area (Å²) in [6.07, 6.45) is 4.92. The van der Waals surface area contributed by atoms with Crippen LogP contribution in [0.5, 0.6) is 0 Å². The molecule has 0 aromatic heterocycles. The van der Waals surface area contributed by atoms with Crippen molar-refractivity contribution < 1.29 is 24.1 Å². The minimum atomic E-state index is -0.203. The highest BCUT2D eigenvalue weighted by molar-refractivity contribution is 4.47. The Labute approximate surface area is 129 Å². The van der Waals surface area contributed by atoms with E-state index in [0.29, 0.717) is 39.6 Å². The molecule has 0 fully saturated rings. The highest BCUT2D eigenvalue weighted by Crippen LogP contribution is 1.99. The van der Waals surface area contributed by atoms with E-state index in [1.165, 1.54) is 0 Å². The lowest BCUT2D eigenvalue weighted by atomic mass is 10.2. The number of rotatable bonds is 17. The Bertz CT molecular complexity index is 188. The van der Waals surface area contributed by atoms with Crippen molar-refractivity contribution in [3.63, 3.8) is 0 Å². The SMILES string of the molecule is CCCCOCCOCCOCCOCCCCC(C)O. The van der Waals surface area contributed by atoms with Crippen LogP contribution >= 0.6 is 0 Å². The van der Waals surface area contributed by atoms with Gasteiger partial charge in [-0.15, -0.1) is 0 Å². The van der Waals surface area contributed by atoms with Gasteiger partial charge in [0.15, 0.2) is 0 Å². The molecule has 0 aromatic rings. The van der Waals surface area contributed by atoms with E-state index in [2.05, 4.69) is 6.92 Å². The first-order valence-corrected chi connectivity index (χ1v) is 8.26. The molecule has 0 heterocycles. The zero-order chi connectivity index (χ0) is 15.6. The van der Waals surface area contributed by atoms with Crippen molar-refractivity contribution in [3.05, 3.63) is 0 Å².